The zero-order valence-corrected chi connectivity index (χ0v) is 11.9. The number of nitriles is 1. The number of amides is 1. The lowest BCUT2D eigenvalue weighted by Gasteiger charge is -2.29. The van der Waals surface area contributed by atoms with Gasteiger partial charge in [0, 0.05) is 31.7 Å². The van der Waals surface area contributed by atoms with E-state index in [0.717, 1.165) is 6.42 Å². The summed E-state index contributed by atoms with van der Waals surface area (Å²) in [7, 11) is 0. The number of carboxylic acid groups (broad SMARTS) is 1. The molecule has 0 bridgehead atoms. The van der Waals surface area contributed by atoms with Gasteiger partial charge in [-0.1, -0.05) is 0 Å². The first-order valence-corrected chi connectivity index (χ1v) is 7.05. The van der Waals surface area contributed by atoms with Crippen LogP contribution in [-0.4, -0.2) is 47.4 Å². The van der Waals surface area contributed by atoms with Crippen LogP contribution in [0.25, 0.3) is 0 Å². The van der Waals surface area contributed by atoms with Crippen molar-refractivity contribution in [1.82, 2.24) is 10.2 Å². The van der Waals surface area contributed by atoms with E-state index in [0.29, 0.717) is 38.4 Å². The summed E-state index contributed by atoms with van der Waals surface area (Å²) in [6.45, 7) is 1.34. The first-order chi connectivity index (χ1) is 9.60. The van der Waals surface area contributed by atoms with Gasteiger partial charge < -0.3 is 15.3 Å². The van der Waals surface area contributed by atoms with Gasteiger partial charge in [-0.05, 0) is 19.3 Å². The van der Waals surface area contributed by atoms with Gasteiger partial charge in [0.15, 0.2) is 0 Å². The number of piperidine rings is 1. The van der Waals surface area contributed by atoms with E-state index in [2.05, 4.69) is 5.32 Å². The van der Waals surface area contributed by atoms with Crippen molar-refractivity contribution in [3.63, 3.8) is 0 Å². The van der Waals surface area contributed by atoms with Crippen LogP contribution in [0.2, 0.25) is 0 Å². The Balaban J connectivity index is 2.52. The van der Waals surface area contributed by atoms with Crippen LogP contribution < -0.4 is 5.32 Å². The Kier molecular flexibility index (Phi) is 6.88. The summed E-state index contributed by atoms with van der Waals surface area (Å²) >= 11 is 5.53. The molecule has 6 nitrogen and oxygen atoms in total. The van der Waals surface area contributed by atoms with E-state index in [9.17, 15) is 9.59 Å². The molecule has 1 heterocycles. The number of carboxylic acids is 1. The second-order valence-electron chi connectivity index (χ2n) is 4.57. The molecular formula is C13H18ClN3O3. The molecule has 0 spiro atoms. The number of aliphatic carboxylic acids is 1. The molecule has 0 radical (unpaired) electrons. The number of hydrogen-bond donors (Lipinski definition) is 2. The molecule has 0 aromatic carbocycles. The average molecular weight is 300 g/mol. The van der Waals surface area contributed by atoms with Gasteiger partial charge >= 0.3 is 5.97 Å². The largest absolute Gasteiger partial charge is 0.481 e. The molecule has 1 amide bonds. The zero-order chi connectivity index (χ0) is 15.0. The molecule has 20 heavy (non-hydrogen) atoms. The monoisotopic (exact) mass is 299 g/mol. The number of nitrogens with zero attached hydrogens (tertiary/aromatic N) is 2. The van der Waals surface area contributed by atoms with Crippen LogP contribution in [0.3, 0.4) is 0 Å². The van der Waals surface area contributed by atoms with E-state index in [-0.39, 0.29) is 11.5 Å². The van der Waals surface area contributed by atoms with Gasteiger partial charge in [-0.25, -0.2) is 0 Å². The topological polar surface area (TPSA) is 93.4 Å². The first-order valence-electron chi connectivity index (χ1n) is 6.51. The van der Waals surface area contributed by atoms with Gasteiger partial charge in [-0.15, -0.1) is 11.6 Å². The highest BCUT2D eigenvalue weighted by molar-refractivity contribution is 6.17. The molecule has 7 heteroatoms. The average Bonchev–Trinajstić information content (AvgIpc) is 2.47. The van der Waals surface area contributed by atoms with Crippen LogP contribution in [0.15, 0.2) is 11.8 Å². The fraction of sp³-hybridized carbons (Fsp3) is 0.615. The lowest BCUT2D eigenvalue weighted by molar-refractivity contribution is -0.145. The highest BCUT2D eigenvalue weighted by Crippen LogP contribution is 2.18. The van der Waals surface area contributed by atoms with Gasteiger partial charge in [-0.3, -0.25) is 9.59 Å². The Morgan fingerprint density at radius 1 is 1.45 bits per heavy atom. The predicted molar refractivity (Wildman–Crippen MR) is 74.0 cm³/mol. The SMILES string of the molecule is N#C/C(=C/NCCCCl)C(=O)N1CCC(C(=O)O)CC1. The third kappa shape index (κ3) is 4.74. The Labute approximate surface area is 123 Å². The van der Waals surface area contributed by atoms with Gasteiger partial charge in [0.05, 0.1) is 5.92 Å². The molecule has 2 N–H and O–H groups in total. The summed E-state index contributed by atoms with van der Waals surface area (Å²) in [4.78, 5) is 24.5. The molecule has 110 valence electrons. The summed E-state index contributed by atoms with van der Waals surface area (Å²) in [5.74, 6) is -1.06. The van der Waals surface area contributed by atoms with Crippen LogP contribution in [0.4, 0.5) is 0 Å². The van der Waals surface area contributed by atoms with Crippen LogP contribution >= 0.6 is 11.6 Å². The van der Waals surface area contributed by atoms with Gasteiger partial charge in [0.25, 0.3) is 5.91 Å². The van der Waals surface area contributed by atoms with Crippen LogP contribution in [-0.2, 0) is 9.59 Å². The maximum absolute atomic E-state index is 12.1. The Morgan fingerprint density at radius 2 is 2.10 bits per heavy atom. The molecule has 0 saturated carbocycles. The van der Waals surface area contributed by atoms with Gasteiger partial charge in [-0.2, -0.15) is 5.26 Å². The van der Waals surface area contributed by atoms with Crippen LogP contribution in [0.1, 0.15) is 19.3 Å². The standard InChI is InChI=1S/C13H18ClN3O3/c14-4-1-5-16-9-11(8-15)12(18)17-6-2-10(3-7-17)13(19)20/h9-10,16H,1-7H2,(H,19,20)/b11-9-. The van der Waals surface area contributed by atoms with Crippen LogP contribution in [0, 0.1) is 17.2 Å². The highest BCUT2D eigenvalue weighted by atomic mass is 35.5. The Hall–Kier alpha value is -1.74. The van der Waals surface area contributed by atoms with E-state index in [1.165, 1.54) is 11.1 Å². The second kappa shape index (κ2) is 8.43. The third-order valence-corrected chi connectivity index (χ3v) is 3.45. The maximum atomic E-state index is 12.1. The fourth-order valence-corrected chi connectivity index (χ4v) is 2.12. The number of hydrogen-bond acceptors (Lipinski definition) is 4. The summed E-state index contributed by atoms with van der Waals surface area (Å²) in [6.07, 6.45) is 3.01. The molecule has 1 aliphatic rings. The zero-order valence-electron chi connectivity index (χ0n) is 11.1. The Bertz CT molecular complexity index is 423. The first kappa shape index (κ1) is 16.3. The van der Waals surface area contributed by atoms with Gasteiger partial charge in [0.1, 0.15) is 11.6 Å². The van der Waals surface area contributed by atoms with Crippen molar-refractivity contribution in [3.05, 3.63) is 11.8 Å². The molecule has 0 atom stereocenters. The molecule has 1 aliphatic heterocycles. The minimum atomic E-state index is -0.823. The van der Waals surface area contributed by atoms with E-state index in [1.807, 2.05) is 6.07 Å². The molecule has 0 unspecified atom stereocenters. The lowest BCUT2D eigenvalue weighted by atomic mass is 9.97. The molecular weight excluding hydrogens is 282 g/mol. The predicted octanol–water partition coefficient (Wildman–Crippen LogP) is 0.936. The normalized spacial score (nSPS) is 16.6. The van der Waals surface area contributed by atoms with E-state index < -0.39 is 11.9 Å². The molecule has 0 aromatic rings. The number of alkyl halides is 1. The van der Waals surface area contributed by atoms with E-state index in [1.54, 1.807) is 0 Å². The van der Waals surface area contributed by atoms with Crippen LogP contribution in [0.5, 0.6) is 0 Å². The summed E-state index contributed by atoms with van der Waals surface area (Å²) in [5.41, 5.74) is 0.0355. The number of carbonyl (C=O) groups is 2. The minimum absolute atomic E-state index is 0.0355. The fourth-order valence-electron chi connectivity index (χ4n) is 1.98. The number of nitrogens with one attached hydrogen (secondary N) is 1. The quantitative estimate of drug-likeness (QED) is 0.329. The third-order valence-electron chi connectivity index (χ3n) is 3.18. The number of rotatable bonds is 6. The lowest BCUT2D eigenvalue weighted by Crippen LogP contribution is -2.41. The number of halogens is 1. The molecule has 1 saturated heterocycles. The maximum Gasteiger partial charge on any atom is 0.306 e. The van der Waals surface area contributed by atoms with Crippen molar-refractivity contribution < 1.29 is 14.7 Å². The van der Waals surface area contributed by atoms with E-state index >= 15 is 0 Å². The molecule has 1 rings (SSSR count). The van der Waals surface area contributed by atoms with E-state index in [4.69, 9.17) is 22.0 Å². The molecule has 0 aliphatic carbocycles. The Morgan fingerprint density at radius 3 is 2.60 bits per heavy atom. The summed E-state index contributed by atoms with van der Waals surface area (Å²) < 4.78 is 0. The number of carbonyl (C=O) groups excluding carboxylic acids is 1. The highest BCUT2D eigenvalue weighted by Gasteiger charge is 2.28. The van der Waals surface area contributed by atoms with Crippen molar-refractivity contribution in [3.8, 4) is 6.07 Å². The van der Waals surface area contributed by atoms with Gasteiger partial charge in [0.2, 0.25) is 0 Å². The van der Waals surface area contributed by atoms with Crippen molar-refractivity contribution in [2.75, 3.05) is 25.5 Å². The second-order valence-corrected chi connectivity index (χ2v) is 4.95. The van der Waals surface area contributed by atoms with Crippen molar-refractivity contribution >= 4 is 23.5 Å². The molecule has 0 aromatic heterocycles. The minimum Gasteiger partial charge on any atom is -0.481 e. The van der Waals surface area contributed by atoms with Crippen molar-refractivity contribution in [2.24, 2.45) is 5.92 Å². The molecule has 1 fully saturated rings. The summed E-state index contributed by atoms with van der Waals surface area (Å²) in [6, 6.07) is 1.87. The van der Waals surface area contributed by atoms with Crippen molar-refractivity contribution in [2.45, 2.75) is 19.3 Å². The number of likely N-dealkylation sites (tertiary alicyclic amines) is 1. The van der Waals surface area contributed by atoms with Crippen molar-refractivity contribution in [1.29, 1.82) is 5.26 Å². The smallest absolute Gasteiger partial charge is 0.306 e. The summed E-state index contributed by atoms with van der Waals surface area (Å²) in [5, 5.41) is 20.8.